The highest BCUT2D eigenvalue weighted by atomic mass is 19.4. The van der Waals surface area contributed by atoms with Gasteiger partial charge in [0.1, 0.15) is 5.75 Å². The van der Waals surface area contributed by atoms with E-state index in [0.29, 0.717) is 0 Å². The first-order valence-electron chi connectivity index (χ1n) is 4.30. The maximum absolute atomic E-state index is 12.3. The van der Waals surface area contributed by atoms with E-state index in [2.05, 4.69) is 4.74 Å². The predicted octanol–water partition coefficient (Wildman–Crippen LogP) is 2.26. The van der Waals surface area contributed by atoms with E-state index in [9.17, 15) is 18.0 Å². The lowest BCUT2D eigenvalue weighted by atomic mass is 10.2. The lowest BCUT2D eigenvalue weighted by Gasteiger charge is -2.09. The summed E-state index contributed by atoms with van der Waals surface area (Å²) in [7, 11) is 1.16. The average molecular weight is 234 g/mol. The molecule has 0 saturated carbocycles. The van der Waals surface area contributed by atoms with Gasteiger partial charge in [0.25, 0.3) is 0 Å². The van der Waals surface area contributed by atoms with Crippen LogP contribution in [0.3, 0.4) is 0 Å². The Morgan fingerprint density at radius 2 is 2.06 bits per heavy atom. The summed E-state index contributed by atoms with van der Waals surface area (Å²) in [6.07, 6.45) is -4.43. The van der Waals surface area contributed by atoms with Crippen LogP contribution in [0.2, 0.25) is 0 Å². The molecule has 0 aliphatic carbocycles. The quantitative estimate of drug-likeness (QED) is 0.752. The van der Waals surface area contributed by atoms with E-state index in [1.54, 1.807) is 0 Å². The number of hydrogen-bond acceptors (Lipinski definition) is 3. The zero-order valence-corrected chi connectivity index (χ0v) is 8.38. The number of benzene rings is 1. The number of hydrogen-bond donors (Lipinski definition) is 0. The maximum Gasteiger partial charge on any atom is 0.416 e. The van der Waals surface area contributed by atoms with Crippen molar-refractivity contribution >= 4 is 5.97 Å². The summed E-state index contributed by atoms with van der Waals surface area (Å²) in [4.78, 5) is 10.7. The van der Waals surface area contributed by atoms with Crippen LogP contribution < -0.4 is 4.74 Å². The second kappa shape index (κ2) is 4.87. The third-order valence-electron chi connectivity index (χ3n) is 1.75. The number of methoxy groups -OCH3 is 1. The van der Waals surface area contributed by atoms with Gasteiger partial charge in [-0.15, -0.1) is 0 Å². The molecule has 0 amide bonds. The third-order valence-corrected chi connectivity index (χ3v) is 1.75. The summed E-state index contributed by atoms with van der Waals surface area (Å²) in [5.41, 5.74) is -0.824. The van der Waals surface area contributed by atoms with Crippen molar-refractivity contribution < 1.29 is 27.4 Å². The molecule has 0 N–H and O–H groups in total. The first-order chi connectivity index (χ1) is 7.43. The lowest BCUT2D eigenvalue weighted by Crippen LogP contribution is -2.13. The van der Waals surface area contributed by atoms with Crippen molar-refractivity contribution in [3.05, 3.63) is 29.8 Å². The van der Waals surface area contributed by atoms with Crippen LogP contribution in [0.4, 0.5) is 13.2 Å². The minimum absolute atomic E-state index is 0.0276. The first-order valence-corrected chi connectivity index (χ1v) is 4.30. The van der Waals surface area contributed by atoms with Crippen LogP contribution in [0.5, 0.6) is 5.75 Å². The summed E-state index contributed by atoms with van der Waals surface area (Å²) in [6, 6.07) is 4.28. The Kier molecular flexibility index (Phi) is 3.76. The van der Waals surface area contributed by atoms with E-state index in [-0.39, 0.29) is 5.75 Å². The number of alkyl halides is 3. The molecule has 88 valence electrons. The normalized spacial score (nSPS) is 11.0. The minimum Gasteiger partial charge on any atom is -0.482 e. The molecule has 3 nitrogen and oxygen atoms in total. The van der Waals surface area contributed by atoms with E-state index in [1.807, 2.05) is 0 Å². The molecule has 0 aromatic heterocycles. The second-order valence-electron chi connectivity index (χ2n) is 2.89. The van der Waals surface area contributed by atoms with E-state index >= 15 is 0 Å². The topological polar surface area (TPSA) is 35.5 Å². The third kappa shape index (κ3) is 3.45. The number of esters is 1. The molecule has 0 bridgehead atoms. The minimum atomic E-state index is -4.43. The zero-order chi connectivity index (χ0) is 12.2. The van der Waals surface area contributed by atoms with Gasteiger partial charge in [-0.2, -0.15) is 13.2 Å². The van der Waals surface area contributed by atoms with Crippen molar-refractivity contribution in [3.8, 4) is 5.75 Å². The van der Waals surface area contributed by atoms with Gasteiger partial charge in [-0.25, -0.2) is 4.79 Å². The molecule has 1 rings (SSSR count). The number of rotatable bonds is 3. The molecule has 0 aliphatic heterocycles. The van der Waals surface area contributed by atoms with Crippen LogP contribution in [-0.4, -0.2) is 19.7 Å². The van der Waals surface area contributed by atoms with Crippen LogP contribution in [0.15, 0.2) is 24.3 Å². The molecule has 6 heteroatoms. The molecule has 0 saturated heterocycles. The van der Waals surface area contributed by atoms with E-state index in [4.69, 9.17) is 4.74 Å². The highest BCUT2D eigenvalue weighted by Crippen LogP contribution is 2.31. The fourth-order valence-corrected chi connectivity index (χ4v) is 0.963. The van der Waals surface area contributed by atoms with E-state index in [0.717, 1.165) is 19.2 Å². The Morgan fingerprint density at radius 3 is 2.62 bits per heavy atom. The molecule has 0 atom stereocenters. The molecule has 0 unspecified atom stereocenters. The van der Waals surface area contributed by atoms with Gasteiger partial charge in [0, 0.05) is 0 Å². The van der Waals surface area contributed by atoms with Crippen LogP contribution in [0, 0.1) is 0 Å². The molecule has 0 aliphatic rings. The van der Waals surface area contributed by atoms with Gasteiger partial charge in [0.05, 0.1) is 12.7 Å². The Morgan fingerprint density at radius 1 is 1.38 bits per heavy atom. The fourth-order valence-electron chi connectivity index (χ4n) is 0.963. The summed E-state index contributed by atoms with van der Waals surface area (Å²) in [5.74, 6) is -0.683. The summed E-state index contributed by atoms with van der Waals surface area (Å²) >= 11 is 0. The van der Waals surface area contributed by atoms with Gasteiger partial charge in [-0.3, -0.25) is 0 Å². The number of carbonyl (C=O) groups is 1. The first kappa shape index (κ1) is 12.4. The van der Waals surface area contributed by atoms with Gasteiger partial charge < -0.3 is 9.47 Å². The van der Waals surface area contributed by atoms with Gasteiger partial charge >= 0.3 is 12.1 Å². The fraction of sp³-hybridized carbons (Fsp3) is 0.300. The number of carbonyl (C=O) groups excluding carboxylic acids is 1. The van der Waals surface area contributed by atoms with Crippen molar-refractivity contribution in [2.75, 3.05) is 13.7 Å². The van der Waals surface area contributed by atoms with Crippen molar-refractivity contribution in [2.45, 2.75) is 6.18 Å². The Labute approximate surface area is 89.8 Å². The Bertz CT molecular complexity index is 374. The number of ether oxygens (including phenoxy) is 2. The van der Waals surface area contributed by atoms with Crippen molar-refractivity contribution in [1.29, 1.82) is 0 Å². The second-order valence-corrected chi connectivity index (χ2v) is 2.89. The molecule has 0 fully saturated rings. The highest BCUT2D eigenvalue weighted by molar-refractivity contribution is 5.70. The molecular formula is C10H9F3O3. The molecule has 0 heterocycles. The molecule has 1 aromatic carbocycles. The standard InChI is InChI=1S/C10H9F3O3/c1-15-9(14)6-16-8-4-2-3-7(5-8)10(11,12)13/h2-5H,6H2,1H3. The van der Waals surface area contributed by atoms with Crippen LogP contribution in [0.25, 0.3) is 0 Å². The monoisotopic (exact) mass is 234 g/mol. The van der Waals surface area contributed by atoms with Crippen LogP contribution >= 0.6 is 0 Å². The SMILES string of the molecule is COC(=O)COc1cccc(C(F)(F)F)c1. The zero-order valence-electron chi connectivity index (χ0n) is 8.38. The van der Waals surface area contributed by atoms with Crippen molar-refractivity contribution in [2.24, 2.45) is 0 Å². The smallest absolute Gasteiger partial charge is 0.416 e. The summed E-state index contributed by atoms with van der Waals surface area (Å²) in [6.45, 7) is -0.419. The number of halogens is 3. The van der Waals surface area contributed by atoms with E-state index < -0.39 is 24.3 Å². The molecule has 0 radical (unpaired) electrons. The van der Waals surface area contributed by atoms with Crippen LogP contribution in [-0.2, 0) is 15.7 Å². The molecular weight excluding hydrogens is 225 g/mol. The van der Waals surface area contributed by atoms with Crippen molar-refractivity contribution in [1.82, 2.24) is 0 Å². The van der Waals surface area contributed by atoms with Gasteiger partial charge in [-0.1, -0.05) is 6.07 Å². The van der Waals surface area contributed by atoms with Crippen LogP contribution in [0.1, 0.15) is 5.56 Å². The molecule has 16 heavy (non-hydrogen) atoms. The van der Waals surface area contributed by atoms with E-state index in [1.165, 1.54) is 12.1 Å². The molecule has 0 spiro atoms. The van der Waals surface area contributed by atoms with Gasteiger partial charge in [0.2, 0.25) is 0 Å². The highest BCUT2D eigenvalue weighted by Gasteiger charge is 2.30. The van der Waals surface area contributed by atoms with Crippen molar-refractivity contribution in [3.63, 3.8) is 0 Å². The van der Waals surface area contributed by atoms with Gasteiger partial charge in [-0.05, 0) is 18.2 Å². The lowest BCUT2D eigenvalue weighted by molar-refractivity contribution is -0.142. The summed E-state index contributed by atoms with van der Waals surface area (Å²) in [5, 5.41) is 0. The Balaban J connectivity index is 2.72. The summed E-state index contributed by atoms with van der Waals surface area (Å²) < 4.78 is 46.0. The largest absolute Gasteiger partial charge is 0.482 e. The average Bonchev–Trinajstić information content (AvgIpc) is 2.25. The van der Waals surface area contributed by atoms with Gasteiger partial charge in [0.15, 0.2) is 6.61 Å². The Hall–Kier alpha value is -1.72. The molecule has 1 aromatic rings. The maximum atomic E-state index is 12.3. The predicted molar refractivity (Wildman–Crippen MR) is 49.0 cm³/mol.